The predicted molar refractivity (Wildman–Crippen MR) is 142 cm³/mol. The molecule has 6 heteroatoms. The second-order valence-electron chi connectivity index (χ2n) is 8.79. The van der Waals surface area contributed by atoms with Gasteiger partial charge < -0.3 is 9.84 Å². The molecule has 3 aromatic rings. The van der Waals surface area contributed by atoms with Crippen molar-refractivity contribution in [2.75, 3.05) is 13.2 Å². The standard InChI is InChI=1S/C29H27Cl2NO3/c1-18(2)22-7-14-27-26(15-22)28(34)32(20(4)21-5-10-24(30)11-6-21)29(27,35-17-19(3)16-33)23-8-12-25(31)13-9-23/h5-15,20,33H,1,3,16-17H2,2,4H3/t20-,29?/m0/s1. The molecule has 0 aliphatic carbocycles. The number of aliphatic hydroxyl groups is 1. The minimum atomic E-state index is -1.28. The first-order valence-electron chi connectivity index (χ1n) is 11.3. The van der Waals surface area contributed by atoms with E-state index in [4.69, 9.17) is 27.9 Å². The normalized spacial score (nSPS) is 17.9. The Bertz CT molecular complexity index is 1280. The zero-order valence-electron chi connectivity index (χ0n) is 19.7. The Labute approximate surface area is 216 Å². The molecule has 0 saturated heterocycles. The number of allylic oxidation sites excluding steroid dienone is 1. The van der Waals surface area contributed by atoms with Gasteiger partial charge in [0.25, 0.3) is 5.91 Å². The van der Waals surface area contributed by atoms with Crippen LogP contribution in [0.3, 0.4) is 0 Å². The van der Waals surface area contributed by atoms with Crippen LogP contribution in [-0.4, -0.2) is 29.1 Å². The fourth-order valence-corrected chi connectivity index (χ4v) is 4.73. The van der Waals surface area contributed by atoms with Crippen molar-refractivity contribution in [3.63, 3.8) is 0 Å². The van der Waals surface area contributed by atoms with Gasteiger partial charge in [-0.15, -0.1) is 0 Å². The molecule has 180 valence electrons. The number of benzene rings is 3. The summed E-state index contributed by atoms with van der Waals surface area (Å²) in [5.74, 6) is -0.171. The molecule has 0 fully saturated rings. The molecular weight excluding hydrogens is 481 g/mol. The minimum Gasteiger partial charge on any atom is -0.392 e. The second-order valence-corrected chi connectivity index (χ2v) is 9.66. The highest BCUT2D eigenvalue weighted by Crippen LogP contribution is 2.50. The molecule has 0 radical (unpaired) electrons. The maximum atomic E-state index is 14.1. The molecule has 1 aliphatic rings. The summed E-state index contributed by atoms with van der Waals surface area (Å²) in [4.78, 5) is 15.9. The van der Waals surface area contributed by atoms with Gasteiger partial charge in [-0.1, -0.05) is 78.3 Å². The van der Waals surface area contributed by atoms with Crippen LogP contribution < -0.4 is 0 Å². The lowest BCUT2D eigenvalue weighted by molar-refractivity contribution is -0.114. The lowest BCUT2D eigenvalue weighted by Crippen LogP contribution is -2.48. The lowest BCUT2D eigenvalue weighted by atomic mass is 9.90. The van der Waals surface area contributed by atoms with E-state index in [2.05, 4.69) is 13.2 Å². The third-order valence-corrected chi connectivity index (χ3v) is 6.85. The van der Waals surface area contributed by atoms with Crippen LogP contribution in [0.1, 0.15) is 52.5 Å². The highest BCUT2D eigenvalue weighted by molar-refractivity contribution is 6.30. The molecule has 1 heterocycles. The zero-order chi connectivity index (χ0) is 25.3. The number of hydrogen-bond acceptors (Lipinski definition) is 3. The molecule has 0 saturated carbocycles. The van der Waals surface area contributed by atoms with Crippen molar-refractivity contribution in [3.8, 4) is 0 Å². The van der Waals surface area contributed by atoms with Crippen LogP contribution in [0.2, 0.25) is 10.0 Å². The van der Waals surface area contributed by atoms with Crippen molar-refractivity contribution in [1.29, 1.82) is 0 Å². The molecule has 0 spiro atoms. The molecule has 4 nitrogen and oxygen atoms in total. The van der Waals surface area contributed by atoms with Crippen molar-refractivity contribution in [2.24, 2.45) is 0 Å². The first-order chi connectivity index (χ1) is 16.7. The second kappa shape index (κ2) is 10.00. The Hall–Kier alpha value is -2.89. The number of rotatable bonds is 8. The van der Waals surface area contributed by atoms with Gasteiger partial charge in [0, 0.05) is 26.7 Å². The van der Waals surface area contributed by atoms with Crippen LogP contribution in [0, 0.1) is 0 Å². The van der Waals surface area contributed by atoms with Crippen LogP contribution in [0.4, 0.5) is 0 Å². The van der Waals surface area contributed by atoms with Gasteiger partial charge in [-0.3, -0.25) is 9.69 Å². The van der Waals surface area contributed by atoms with E-state index in [1.165, 1.54) is 0 Å². The summed E-state index contributed by atoms with van der Waals surface area (Å²) in [6, 6.07) is 20.0. The highest BCUT2D eigenvalue weighted by atomic mass is 35.5. The lowest BCUT2D eigenvalue weighted by Gasteiger charge is -2.43. The van der Waals surface area contributed by atoms with Crippen LogP contribution in [0.25, 0.3) is 5.57 Å². The average Bonchev–Trinajstić information content (AvgIpc) is 3.11. The monoisotopic (exact) mass is 507 g/mol. The maximum Gasteiger partial charge on any atom is 0.257 e. The quantitative estimate of drug-likeness (QED) is 0.333. The van der Waals surface area contributed by atoms with Crippen molar-refractivity contribution >= 4 is 34.7 Å². The van der Waals surface area contributed by atoms with E-state index >= 15 is 0 Å². The van der Waals surface area contributed by atoms with Crippen molar-refractivity contribution in [1.82, 2.24) is 4.90 Å². The van der Waals surface area contributed by atoms with Gasteiger partial charge in [0.15, 0.2) is 5.72 Å². The number of hydrogen-bond donors (Lipinski definition) is 1. The number of aliphatic hydroxyl groups excluding tert-OH is 1. The Morgan fingerprint density at radius 2 is 1.63 bits per heavy atom. The Balaban J connectivity index is 1.99. The van der Waals surface area contributed by atoms with E-state index in [-0.39, 0.29) is 25.2 Å². The van der Waals surface area contributed by atoms with E-state index < -0.39 is 5.72 Å². The topological polar surface area (TPSA) is 49.8 Å². The van der Waals surface area contributed by atoms with E-state index in [1.807, 2.05) is 56.3 Å². The molecule has 0 bridgehead atoms. The third kappa shape index (κ3) is 4.55. The van der Waals surface area contributed by atoms with Gasteiger partial charge in [-0.05, 0) is 60.9 Å². The summed E-state index contributed by atoms with van der Waals surface area (Å²) in [6.45, 7) is 11.6. The summed E-state index contributed by atoms with van der Waals surface area (Å²) in [5.41, 5.74) is 3.85. The van der Waals surface area contributed by atoms with E-state index in [0.717, 1.165) is 22.3 Å². The van der Waals surface area contributed by atoms with Crippen molar-refractivity contribution < 1.29 is 14.6 Å². The Morgan fingerprint density at radius 1 is 1.03 bits per heavy atom. The van der Waals surface area contributed by atoms with Crippen molar-refractivity contribution in [3.05, 3.63) is 123 Å². The van der Waals surface area contributed by atoms with Gasteiger partial charge in [-0.2, -0.15) is 0 Å². The van der Waals surface area contributed by atoms with Gasteiger partial charge in [-0.25, -0.2) is 0 Å². The van der Waals surface area contributed by atoms with E-state index in [0.29, 0.717) is 26.7 Å². The van der Waals surface area contributed by atoms with Crippen LogP contribution in [-0.2, 0) is 10.5 Å². The number of carbonyl (C=O) groups is 1. The smallest absolute Gasteiger partial charge is 0.257 e. The number of ether oxygens (including phenoxy) is 1. The minimum absolute atomic E-state index is 0.0535. The number of halogens is 2. The molecule has 1 aliphatic heterocycles. The molecule has 4 rings (SSSR count). The van der Waals surface area contributed by atoms with Gasteiger partial charge in [0.05, 0.1) is 19.3 Å². The molecule has 1 amide bonds. The van der Waals surface area contributed by atoms with E-state index in [1.54, 1.807) is 29.2 Å². The molecular formula is C29H27Cl2NO3. The average molecular weight is 508 g/mol. The Kier molecular flexibility index (Phi) is 7.20. The molecule has 2 atom stereocenters. The maximum absolute atomic E-state index is 14.1. The fourth-order valence-electron chi connectivity index (χ4n) is 4.48. The van der Waals surface area contributed by atoms with Crippen molar-refractivity contribution in [2.45, 2.75) is 25.6 Å². The summed E-state index contributed by atoms with van der Waals surface area (Å²) >= 11 is 12.3. The third-order valence-electron chi connectivity index (χ3n) is 6.35. The van der Waals surface area contributed by atoms with E-state index in [9.17, 15) is 9.90 Å². The molecule has 1 N–H and O–H groups in total. The van der Waals surface area contributed by atoms with Gasteiger partial charge >= 0.3 is 0 Å². The molecule has 0 aromatic heterocycles. The number of carbonyl (C=O) groups excluding carboxylic acids is 1. The summed E-state index contributed by atoms with van der Waals surface area (Å²) in [5, 5.41) is 10.8. The first-order valence-corrected chi connectivity index (χ1v) is 12.0. The molecule has 3 aromatic carbocycles. The fraction of sp³-hybridized carbons (Fsp3) is 0.207. The van der Waals surface area contributed by atoms with Gasteiger partial charge in [0.1, 0.15) is 0 Å². The number of fused-ring (bicyclic) bond motifs is 1. The Morgan fingerprint density at radius 3 is 2.20 bits per heavy atom. The van der Waals surface area contributed by atoms with Gasteiger partial charge in [0.2, 0.25) is 0 Å². The zero-order valence-corrected chi connectivity index (χ0v) is 21.2. The predicted octanol–water partition coefficient (Wildman–Crippen LogP) is 7.01. The SMILES string of the molecule is C=C(CO)COC1(c2ccc(Cl)cc2)c2ccc(C(=C)C)cc2C(=O)N1[C@@H](C)c1ccc(Cl)cc1. The summed E-state index contributed by atoms with van der Waals surface area (Å²) < 4.78 is 6.60. The number of nitrogens with zero attached hydrogens (tertiary/aromatic N) is 1. The summed E-state index contributed by atoms with van der Waals surface area (Å²) in [7, 11) is 0. The van der Waals surface area contributed by atoms with Crippen LogP contribution in [0.5, 0.6) is 0 Å². The molecule has 1 unspecified atom stereocenters. The van der Waals surface area contributed by atoms with Crippen LogP contribution >= 0.6 is 23.2 Å². The summed E-state index contributed by atoms with van der Waals surface area (Å²) in [6.07, 6.45) is 0. The molecule has 35 heavy (non-hydrogen) atoms. The van der Waals surface area contributed by atoms with Crippen LogP contribution in [0.15, 0.2) is 85.5 Å². The largest absolute Gasteiger partial charge is 0.392 e. The number of amides is 1. The first kappa shape index (κ1) is 25.2. The highest BCUT2D eigenvalue weighted by Gasteiger charge is 2.54.